The SMILES string of the molecule is CCOC(=O)C1=C(C)NC(SCC(=O)NC(C)(C)C)=C(C#N)C1c1cccs1. The van der Waals surface area contributed by atoms with E-state index in [2.05, 4.69) is 16.7 Å². The van der Waals surface area contributed by atoms with E-state index in [0.29, 0.717) is 21.9 Å². The third kappa shape index (κ3) is 5.40. The molecule has 150 valence electrons. The lowest BCUT2D eigenvalue weighted by atomic mass is 9.87. The molecule has 1 aromatic heterocycles. The molecule has 1 aliphatic heterocycles. The molecule has 0 radical (unpaired) electrons. The van der Waals surface area contributed by atoms with Crippen molar-refractivity contribution in [2.24, 2.45) is 0 Å². The summed E-state index contributed by atoms with van der Waals surface area (Å²) in [6.45, 7) is 9.54. The predicted octanol–water partition coefficient (Wildman–Crippen LogP) is 3.66. The van der Waals surface area contributed by atoms with E-state index in [1.165, 1.54) is 23.1 Å². The fourth-order valence-electron chi connectivity index (χ4n) is 2.84. The molecule has 2 N–H and O–H groups in total. The highest BCUT2D eigenvalue weighted by Gasteiger charge is 2.36. The summed E-state index contributed by atoms with van der Waals surface area (Å²) in [5, 5.41) is 18.4. The first kappa shape index (κ1) is 22.1. The first-order chi connectivity index (χ1) is 13.2. The number of esters is 1. The predicted molar refractivity (Wildman–Crippen MR) is 113 cm³/mol. The Hall–Kier alpha value is -2.24. The Morgan fingerprint density at radius 1 is 1.43 bits per heavy atom. The topological polar surface area (TPSA) is 91.2 Å². The average molecular weight is 420 g/mol. The van der Waals surface area contributed by atoms with Gasteiger partial charge >= 0.3 is 5.97 Å². The second-order valence-corrected chi connectivity index (χ2v) is 9.24. The van der Waals surface area contributed by atoms with Crippen LogP contribution in [0, 0.1) is 11.3 Å². The highest BCUT2D eigenvalue weighted by atomic mass is 32.2. The number of hydrogen-bond donors (Lipinski definition) is 2. The molecule has 28 heavy (non-hydrogen) atoms. The van der Waals surface area contributed by atoms with Gasteiger partial charge in [-0.05, 0) is 46.1 Å². The molecule has 1 unspecified atom stereocenters. The lowest BCUT2D eigenvalue weighted by molar-refractivity contribution is -0.138. The normalized spacial score (nSPS) is 17.1. The zero-order chi connectivity index (χ0) is 20.9. The van der Waals surface area contributed by atoms with Crippen LogP contribution in [0.1, 0.15) is 45.4 Å². The van der Waals surface area contributed by atoms with Gasteiger partial charge in [0.1, 0.15) is 0 Å². The van der Waals surface area contributed by atoms with Crippen molar-refractivity contribution >= 4 is 35.0 Å². The monoisotopic (exact) mass is 419 g/mol. The smallest absolute Gasteiger partial charge is 0.336 e. The van der Waals surface area contributed by atoms with Gasteiger partial charge in [0, 0.05) is 16.1 Å². The molecule has 2 rings (SSSR count). The van der Waals surface area contributed by atoms with Crippen molar-refractivity contribution in [2.45, 2.75) is 46.1 Å². The maximum absolute atomic E-state index is 12.6. The Morgan fingerprint density at radius 2 is 2.14 bits per heavy atom. The number of amides is 1. The van der Waals surface area contributed by atoms with Crippen molar-refractivity contribution in [1.29, 1.82) is 5.26 Å². The molecule has 2 heterocycles. The Bertz CT molecular complexity index is 843. The summed E-state index contributed by atoms with van der Waals surface area (Å²) in [6.07, 6.45) is 0. The van der Waals surface area contributed by atoms with E-state index in [4.69, 9.17) is 4.74 Å². The highest BCUT2D eigenvalue weighted by Crippen LogP contribution is 2.42. The standard InChI is InChI=1S/C20H25N3O3S2/c1-6-26-19(25)16-12(2)22-18(28-11-15(24)23-20(3,4)5)13(10-21)17(16)14-8-7-9-27-14/h7-9,17,22H,6,11H2,1-5H3,(H,23,24). The molecule has 0 spiro atoms. The average Bonchev–Trinajstić information content (AvgIpc) is 3.12. The molecule has 0 aromatic carbocycles. The van der Waals surface area contributed by atoms with E-state index < -0.39 is 11.9 Å². The molecule has 0 saturated carbocycles. The van der Waals surface area contributed by atoms with E-state index in [9.17, 15) is 14.9 Å². The number of thioether (sulfide) groups is 1. The van der Waals surface area contributed by atoms with Crippen molar-refractivity contribution in [3.63, 3.8) is 0 Å². The number of nitriles is 1. The third-order valence-electron chi connectivity index (χ3n) is 3.83. The van der Waals surface area contributed by atoms with Crippen LogP contribution in [0.5, 0.6) is 0 Å². The van der Waals surface area contributed by atoms with Crippen molar-refractivity contribution in [2.75, 3.05) is 12.4 Å². The van der Waals surface area contributed by atoms with Gasteiger partial charge in [0.2, 0.25) is 5.91 Å². The largest absolute Gasteiger partial charge is 0.463 e. The number of ether oxygens (including phenoxy) is 1. The molecule has 0 bridgehead atoms. The lowest BCUT2D eigenvalue weighted by Crippen LogP contribution is -2.41. The van der Waals surface area contributed by atoms with Gasteiger partial charge in [0.05, 0.1) is 40.5 Å². The van der Waals surface area contributed by atoms with Gasteiger partial charge in [-0.1, -0.05) is 17.8 Å². The number of carbonyl (C=O) groups excluding carboxylic acids is 2. The van der Waals surface area contributed by atoms with Gasteiger partial charge in [-0.3, -0.25) is 4.79 Å². The minimum atomic E-state index is -0.501. The van der Waals surface area contributed by atoms with E-state index in [0.717, 1.165) is 4.88 Å². The molecule has 0 aliphatic carbocycles. The Balaban J connectivity index is 2.36. The first-order valence-corrected chi connectivity index (χ1v) is 10.8. The second kappa shape index (κ2) is 9.30. The van der Waals surface area contributed by atoms with Gasteiger partial charge in [0.25, 0.3) is 0 Å². The zero-order valence-electron chi connectivity index (χ0n) is 16.7. The van der Waals surface area contributed by atoms with Crippen LogP contribution in [-0.4, -0.2) is 29.8 Å². The molecule has 1 atom stereocenters. The number of hydrogen-bond acceptors (Lipinski definition) is 7. The number of nitrogens with zero attached hydrogens (tertiary/aromatic N) is 1. The molecule has 8 heteroatoms. The third-order valence-corrected chi connectivity index (χ3v) is 5.79. The van der Waals surface area contributed by atoms with Gasteiger partial charge in [-0.2, -0.15) is 5.26 Å². The van der Waals surface area contributed by atoms with Crippen molar-refractivity contribution in [3.8, 4) is 6.07 Å². The molecular weight excluding hydrogens is 394 g/mol. The zero-order valence-corrected chi connectivity index (χ0v) is 18.3. The Labute approximate surface area is 174 Å². The quantitative estimate of drug-likeness (QED) is 0.684. The van der Waals surface area contributed by atoms with Crippen LogP contribution in [0.15, 0.2) is 39.4 Å². The fraction of sp³-hybridized carbons (Fsp3) is 0.450. The summed E-state index contributed by atoms with van der Waals surface area (Å²) in [7, 11) is 0. The molecule has 1 amide bonds. The van der Waals surface area contributed by atoms with E-state index in [1.807, 2.05) is 38.3 Å². The summed E-state index contributed by atoms with van der Waals surface area (Å²) in [4.78, 5) is 25.7. The summed E-state index contributed by atoms with van der Waals surface area (Å²) < 4.78 is 5.23. The summed E-state index contributed by atoms with van der Waals surface area (Å²) in [5.41, 5.74) is 1.17. The maximum Gasteiger partial charge on any atom is 0.336 e. The van der Waals surface area contributed by atoms with Crippen LogP contribution >= 0.6 is 23.1 Å². The fourth-order valence-corrected chi connectivity index (χ4v) is 4.57. The van der Waals surface area contributed by atoms with Crippen LogP contribution < -0.4 is 10.6 Å². The molecule has 0 saturated heterocycles. The Kier molecular flexibility index (Phi) is 7.33. The van der Waals surface area contributed by atoms with Crippen molar-refractivity contribution < 1.29 is 14.3 Å². The molecule has 0 fully saturated rings. The summed E-state index contributed by atoms with van der Waals surface area (Å²) in [6, 6.07) is 6.03. The van der Waals surface area contributed by atoms with Crippen molar-refractivity contribution in [1.82, 2.24) is 10.6 Å². The van der Waals surface area contributed by atoms with Crippen molar-refractivity contribution in [3.05, 3.63) is 44.3 Å². The number of nitrogens with one attached hydrogen (secondary N) is 2. The van der Waals surface area contributed by atoms with Gasteiger partial charge in [-0.15, -0.1) is 11.3 Å². The maximum atomic E-state index is 12.6. The number of carbonyl (C=O) groups is 2. The van der Waals surface area contributed by atoms with Crippen LogP contribution in [0.25, 0.3) is 0 Å². The van der Waals surface area contributed by atoms with Crippen LogP contribution in [0.3, 0.4) is 0 Å². The summed E-state index contributed by atoms with van der Waals surface area (Å²) in [5.74, 6) is -0.884. The van der Waals surface area contributed by atoms with E-state index in [1.54, 1.807) is 13.8 Å². The van der Waals surface area contributed by atoms with E-state index >= 15 is 0 Å². The minimum absolute atomic E-state index is 0.116. The number of rotatable bonds is 6. The Morgan fingerprint density at radius 3 is 2.68 bits per heavy atom. The number of dihydropyridines is 1. The van der Waals surface area contributed by atoms with E-state index in [-0.39, 0.29) is 23.8 Å². The second-order valence-electron chi connectivity index (χ2n) is 7.27. The minimum Gasteiger partial charge on any atom is -0.463 e. The number of thiophene rings is 1. The van der Waals surface area contributed by atoms with Gasteiger partial charge < -0.3 is 15.4 Å². The molecule has 6 nitrogen and oxygen atoms in total. The first-order valence-electron chi connectivity index (χ1n) is 8.94. The highest BCUT2D eigenvalue weighted by molar-refractivity contribution is 8.03. The summed E-state index contributed by atoms with van der Waals surface area (Å²) >= 11 is 2.74. The van der Waals surface area contributed by atoms with Crippen LogP contribution in [0.4, 0.5) is 0 Å². The number of allylic oxidation sites excluding steroid dienone is 2. The molecular formula is C20H25N3O3S2. The van der Waals surface area contributed by atoms with Gasteiger partial charge in [0.15, 0.2) is 0 Å². The molecule has 1 aliphatic rings. The molecule has 1 aromatic rings. The lowest BCUT2D eigenvalue weighted by Gasteiger charge is -2.28. The van der Waals surface area contributed by atoms with Gasteiger partial charge in [-0.25, -0.2) is 4.79 Å². The van der Waals surface area contributed by atoms with Crippen LogP contribution in [0.2, 0.25) is 0 Å². The van der Waals surface area contributed by atoms with Crippen LogP contribution in [-0.2, 0) is 14.3 Å².